The number of aliphatic carboxylic acids is 1. The lowest BCUT2D eigenvalue weighted by Gasteiger charge is -2.41. The highest BCUT2D eigenvalue weighted by Gasteiger charge is 2.28. The van der Waals surface area contributed by atoms with Gasteiger partial charge in [0.05, 0.1) is 25.4 Å². The highest BCUT2D eigenvalue weighted by atomic mass is 16.5. The van der Waals surface area contributed by atoms with Crippen LogP contribution in [0, 0.1) is 0 Å². The normalized spacial score (nSPS) is 16.2. The molecule has 0 saturated carbocycles. The van der Waals surface area contributed by atoms with Crippen LogP contribution in [0.25, 0.3) is 0 Å². The number of likely N-dealkylation sites (tertiary alicyclic amines) is 1. The molecule has 1 saturated heterocycles. The third kappa shape index (κ3) is 3.66. The largest absolute Gasteiger partial charge is 0.494 e. The first kappa shape index (κ1) is 13.8. The van der Waals surface area contributed by atoms with Crippen LogP contribution < -0.4 is 0 Å². The molecular weight excluding hydrogens is 230 g/mol. The van der Waals surface area contributed by atoms with Gasteiger partial charge in [-0.2, -0.15) is 0 Å². The van der Waals surface area contributed by atoms with Crippen LogP contribution >= 0.6 is 0 Å². The number of nitrogens with zero attached hydrogens (tertiary/aromatic N) is 1. The summed E-state index contributed by atoms with van der Waals surface area (Å²) < 4.78 is 5.23. The van der Waals surface area contributed by atoms with Crippen LogP contribution in [-0.2, 0) is 9.53 Å². The van der Waals surface area contributed by atoms with Gasteiger partial charge < -0.3 is 14.7 Å². The van der Waals surface area contributed by atoms with Crippen LogP contribution in [0.4, 0.5) is 0 Å². The summed E-state index contributed by atoms with van der Waals surface area (Å²) in [5, 5.41) is 8.40. The van der Waals surface area contributed by atoms with Gasteiger partial charge in [-0.25, -0.2) is 4.79 Å². The number of hydrogen-bond acceptors (Lipinski definition) is 3. The van der Waals surface area contributed by atoms with Crippen molar-refractivity contribution in [2.24, 2.45) is 0 Å². The molecule has 96 valence electrons. The Balaban J connectivity index is 2.40. The fourth-order valence-electron chi connectivity index (χ4n) is 1.54. The molecule has 0 aromatic heterocycles. The third-order valence-corrected chi connectivity index (χ3v) is 2.56. The Kier molecular flexibility index (Phi) is 4.99. The Hall–Kier alpha value is -2.23. The topological polar surface area (TPSA) is 49.8 Å². The summed E-state index contributed by atoms with van der Waals surface area (Å²) in [6.07, 6.45) is 7.44. The number of allylic oxidation sites excluding steroid dienone is 3. The van der Waals surface area contributed by atoms with E-state index in [0.717, 1.165) is 17.3 Å². The maximum atomic E-state index is 10.2. The van der Waals surface area contributed by atoms with E-state index in [1.54, 1.807) is 12.2 Å². The lowest BCUT2D eigenvalue weighted by Crippen LogP contribution is -2.50. The second kappa shape index (κ2) is 6.49. The molecule has 0 radical (unpaired) electrons. The fraction of sp³-hybridized carbons (Fsp3) is 0.214. The minimum Gasteiger partial charge on any atom is -0.494 e. The SMILES string of the molecule is C=C/C=C(\C=C)C(=C)N1CC(O/C=C\C(=O)O)C1. The molecule has 0 aliphatic carbocycles. The van der Waals surface area contributed by atoms with E-state index in [4.69, 9.17) is 9.84 Å². The minimum absolute atomic E-state index is 0.00662. The van der Waals surface area contributed by atoms with Crippen molar-refractivity contribution in [1.29, 1.82) is 0 Å². The van der Waals surface area contributed by atoms with Gasteiger partial charge >= 0.3 is 5.97 Å². The molecule has 0 amide bonds. The number of carboxylic acids is 1. The van der Waals surface area contributed by atoms with Gasteiger partial charge in [-0.05, 0) is 5.57 Å². The van der Waals surface area contributed by atoms with Crippen LogP contribution in [0.5, 0.6) is 0 Å². The zero-order valence-corrected chi connectivity index (χ0v) is 10.2. The minimum atomic E-state index is -1.02. The molecular formula is C14H17NO3. The zero-order valence-electron chi connectivity index (χ0n) is 10.2. The van der Waals surface area contributed by atoms with Gasteiger partial charge in [0, 0.05) is 5.70 Å². The Morgan fingerprint density at radius 1 is 1.39 bits per heavy atom. The van der Waals surface area contributed by atoms with E-state index in [2.05, 4.69) is 19.7 Å². The average molecular weight is 247 g/mol. The highest BCUT2D eigenvalue weighted by molar-refractivity contribution is 5.79. The molecule has 0 atom stereocenters. The van der Waals surface area contributed by atoms with Crippen molar-refractivity contribution < 1.29 is 14.6 Å². The molecule has 1 N–H and O–H groups in total. The first-order valence-electron chi connectivity index (χ1n) is 5.52. The molecule has 1 aliphatic heterocycles. The summed E-state index contributed by atoms with van der Waals surface area (Å²) in [4.78, 5) is 12.3. The van der Waals surface area contributed by atoms with E-state index in [1.165, 1.54) is 6.26 Å². The van der Waals surface area contributed by atoms with Crippen LogP contribution in [0.15, 0.2) is 61.6 Å². The van der Waals surface area contributed by atoms with Crippen molar-refractivity contribution in [2.45, 2.75) is 6.10 Å². The molecule has 1 fully saturated rings. The molecule has 0 spiro atoms. The Bertz CT molecular complexity index is 415. The molecule has 0 aromatic carbocycles. The smallest absolute Gasteiger partial charge is 0.331 e. The van der Waals surface area contributed by atoms with Gasteiger partial charge in [-0.3, -0.25) is 0 Å². The van der Waals surface area contributed by atoms with Crippen molar-refractivity contribution in [1.82, 2.24) is 4.90 Å². The lowest BCUT2D eigenvalue weighted by atomic mass is 10.1. The molecule has 1 aliphatic rings. The standard InChI is InChI=1S/C14H17NO3/c1-4-6-12(5-2)11(3)15-9-13(10-15)18-8-7-14(16)17/h4-8,13H,1-3,9-10H2,(H,16,17)/b8-7-,12-6+. The number of carboxylic acid groups (broad SMARTS) is 1. The summed E-state index contributed by atoms with van der Waals surface area (Å²) in [6, 6.07) is 0. The average Bonchev–Trinajstić information content (AvgIpc) is 2.27. The molecule has 0 aromatic rings. The van der Waals surface area contributed by atoms with Gasteiger partial charge in [0.15, 0.2) is 0 Å². The van der Waals surface area contributed by atoms with E-state index in [1.807, 2.05) is 11.0 Å². The molecule has 0 unspecified atom stereocenters. The Morgan fingerprint density at radius 2 is 2.06 bits per heavy atom. The van der Waals surface area contributed by atoms with Crippen molar-refractivity contribution in [3.63, 3.8) is 0 Å². The number of carbonyl (C=O) groups is 1. The Labute approximate surface area is 107 Å². The van der Waals surface area contributed by atoms with E-state index >= 15 is 0 Å². The summed E-state index contributed by atoms with van der Waals surface area (Å²) >= 11 is 0. The van der Waals surface area contributed by atoms with Crippen LogP contribution in [0.1, 0.15) is 0 Å². The molecule has 0 bridgehead atoms. The van der Waals surface area contributed by atoms with Crippen molar-refractivity contribution >= 4 is 5.97 Å². The second-order valence-corrected chi connectivity index (χ2v) is 3.81. The maximum absolute atomic E-state index is 10.2. The summed E-state index contributed by atoms with van der Waals surface area (Å²) in [5.74, 6) is -1.02. The van der Waals surface area contributed by atoms with E-state index in [-0.39, 0.29) is 6.10 Å². The predicted octanol–water partition coefficient (Wildman–Crippen LogP) is 2.10. The van der Waals surface area contributed by atoms with Gasteiger partial charge in [-0.15, -0.1) is 0 Å². The quantitative estimate of drug-likeness (QED) is 0.425. The zero-order chi connectivity index (χ0) is 13.5. The molecule has 18 heavy (non-hydrogen) atoms. The van der Waals surface area contributed by atoms with Gasteiger partial charge in [0.25, 0.3) is 0 Å². The van der Waals surface area contributed by atoms with Crippen molar-refractivity contribution in [2.75, 3.05) is 13.1 Å². The molecule has 4 heteroatoms. The van der Waals surface area contributed by atoms with Gasteiger partial charge in [-0.1, -0.05) is 38.0 Å². The van der Waals surface area contributed by atoms with E-state index < -0.39 is 5.97 Å². The monoisotopic (exact) mass is 247 g/mol. The van der Waals surface area contributed by atoms with Crippen LogP contribution in [0.3, 0.4) is 0 Å². The van der Waals surface area contributed by atoms with Crippen LogP contribution in [0.2, 0.25) is 0 Å². The number of ether oxygens (including phenoxy) is 1. The predicted molar refractivity (Wildman–Crippen MR) is 70.8 cm³/mol. The molecule has 4 nitrogen and oxygen atoms in total. The maximum Gasteiger partial charge on any atom is 0.331 e. The van der Waals surface area contributed by atoms with E-state index in [0.29, 0.717) is 13.1 Å². The first-order valence-corrected chi connectivity index (χ1v) is 5.52. The fourth-order valence-corrected chi connectivity index (χ4v) is 1.54. The third-order valence-electron chi connectivity index (χ3n) is 2.56. The summed E-state index contributed by atoms with van der Waals surface area (Å²) in [5.41, 5.74) is 1.79. The van der Waals surface area contributed by atoms with Crippen molar-refractivity contribution in [3.05, 3.63) is 61.6 Å². The van der Waals surface area contributed by atoms with Gasteiger partial charge in [0.2, 0.25) is 0 Å². The van der Waals surface area contributed by atoms with Crippen molar-refractivity contribution in [3.8, 4) is 0 Å². The van der Waals surface area contributed by atoms with E-state index in [9.17, 15) is 4.79 Å². The summed E-state index contributed by atoms with van der Waals surface area (Å²) in [6.45, 7) is 12.7. The van der Waals surface area contributed by atoms with Gasteiger partial charge in [0.1, 0.15) is 6.10 Å². The lowest BCUT2D eigenvalue weighted by molar-refractivity contribution is -0.131. The molecule has 1 heterocycles. The highest BCUT2D eigenvalue weighted by Crippen LogP contribution is 2.22. The molecule has 1 rings (SSSR count). The van der Waals surface area contributed by atoms with Crippen LogP contribution in [-0.4, -0.2) is 35.2 Å². The number of hydrogen-bond donors (Lipinski definition) is 1. The first-order chi connectivity index (χ1) is 8.58. The number of rotatable bonds is 7. The second-order valence-electron chi connectivity index (χ2n) is 3.81. The Morgan fingerprint density at radius 3 is 2.56 bits per heavy atom. The summed E-state index contributed by atoms with van der Waals surface area (Å²) in [7, 11) is 0.